The van der Waals surface area contributed by atoms with Crippen LogP contribution in [0.2, 0.25) is 0 Å². The van der Waals surface area contributed by atoms with Crippen LogP contribution < -0.4 is 5.32 Å². The highest BCUT2D eigenvalue weighted by molar-refractivity contribution is 5.87. The number of hydrogen-bond donors (Lipinski definition) is 1. The monoisotopic (exact) mass is 300 g/mol. The van der Waals surface area contributed by atoms with Gasteiger partial charge in [0.15, 0.2) is 6.10 Å². The molecule has 1 unspecified atom stereocenters. The third-order valence-corrected chi connectivity index (χ3v) is 2.40. The highest BCUT2D eigenvalue weighted by Crippen LogP contribution is 2.11. The van der Waals surface area contributed by atoms with Crippen LogP contribution in [-0.4, -0.2) is 55.6 Å². The van der Waals surface area contributed by atoms with E-state index in [1.54, 1.807) is 20.8 Å². The van der Waals surface area contributed by atoms with Crippen molar-refractivity contribution >= 4 is 18.3 Å². The van der Waals surface area contributed by atoms with Crippen LogP contribution in [0.1, 0.15) is 27.2 Å². The maximum Gasteiger partial charge on any atom is 0.335 e. The molecule has 0 saturated carbocycles. The van der Waals surface area contributed by atoms with Crippen LogP contribution in [0.4, 0.5) is 0 Å². The molecule has 7 heteroatoms. The molecule has 0 spiro atoms. The number of nitrogens with zero attached hydrogens (tertiary/aromatic N) is 1. The Hall–Kier alpha value is -1.89. The summed E-state index contributed by atoms with van der Waals surface area (Å²) in [7, 11) is 2.89. The van der Waals surface area contributed by atoms with E-state index in [4.69, 9.17) is 9.47 Å². The quantitative estimate of drug-likeness (QED) is 0.400. The van der Waals surface area contributed by atoms with E-state index in [-0.39, 0.29) is 18.9 Å². The van der Waals surface area contributed by atoms with Gasteiger partial charge in [0.1, 0.15) is 5.60 Å². The second kappa shape index (κ2) is 9.12. The van der Waals surface area contributed by atoms with Gasteiger partial charge in [0.05, 0.1) is 0 Å². The van der Waals surface area contributed by atoms with Crippen molar-refractivity contribution in [2.75, 3.05) is 20.7 Å². The van der Waals surface area contributed by atoms with Gasteiger partial charge in [0.2, 0.25) is 12.3 Å². The number of hydrogen-bond acceptors (Lipinski definition) is 5. The van der Waals surface area contributed by atoms with E-state index in [0.29, 0.717) is 6.41 Å². The number of carbonyl (C=O) groups is 3. The number of likely N-dealkylation sites (N-methyl/N-ethyl adjacent to an activating group) is 1. The van der Waals surface area contributed by atoms with Crippen molar-refractivity contribution in [2.45, 2.75) is 38.9 Å². The van der Waals surface area contributed by atoms with Crippen LogP contribution in [0.3, 0.4) is 0 Å². The van der Waals surface area contributed by atoms with Crippen LogP contribution in [0.15, 0.2) is 12.3 Å². The van der Waals surface area contributed by atoms with Crippen LogP contribution in [0.5, 0.6) is 0 Å². The van der Waals surface area contributed by atoms with E-state index in [0.717, 1.165) is 0 Å². The van der Waals surface area contributed by atoms with Gasteiger partial charge in [-0.15, -0.1) is 0 Å². The van der Waals surface area contributed by atoms with Gasteiger partial charge in [0.25, 0.3) is 0 Å². The fraction of sp³-hybridized carbons (Fsp3) is 0.643. The van der Waals surface area contributed by atoms with Crippen molar-refractivity contribution in [3.05, 3.63) is 12.3 Å². The van der Waals surface area contributed by atoms with Gasteiger partial charge in [-0.05, 0) is 20.8 Å². The Balaban J connectivity index is 4.48. The predicted molar refractivity (Wildman–Crippen MR) is 77.2 cm³/mol. The van der Waals surface area contributed by atoms with Gasteiger partial charge in [-0.1, -0.05) is 0 Å². The summed E-state index contributed by atoms with van der Waals surface area (Å²) >= 11 is 0. The summed E-state index contributed by atoms with van der Waals surface area (Å²) in [5.74, 6) is -0.802. The van der Waals surface area contributed by atoms with Crippen molar-refractivity contribution < 1.29 is 23.9 Å². The molecule has 0 bridgehead atoms. The highest BCUT2D eigenvalue weighted by atomic mass is 16.6. The van der Waals surface area contributed by atoms with Gasteiger partial charge in [-0.2, -0.15) is 0 Å². The van der Waals surface area contributed by atoms with E-state index in [2.05, 4.69) is 5.32 Å². The topological polar surface area (TPSA) is 84.9 Å². The fourth-order valence-electron chi connectivity index (χ4n) is 1.37. The first kappa shape index (κ1) is 19.1. The van der Waals surface area contributed by atoms with E-state index >= 15 is 0 Å². The molecule has 7 nitrogen and oxygen atoms in total. The zero-order valence-corrected chi connectivity index (χ0v) is 13.2. The van der Waals surface area contributed by atoms with Crippen molar-refractivity contribution in [3.8, 4) is 0 Å². The average molecular weight is 300 g/mol. The molecule has 120 valence electrons. The summed E-state index contributed by atoms with van der Waals surface area (Å²) in [6.07, 6.45) is 2.64. The second-order valence-corrected chi connectivity index (χ2v) is 5.32. The molecular formula is C14H24N2O5. The molecule has 0 aliphatic heterocycles. The lowest BCUT2D eigenvalue weighted by atomic mass is 10.2. The second-order valence-electron chi connectivity index (χ2n) is 5.32. The molecular weight excluding hydrogens is 276 g/mol. The number of ether oxygens (including phenoxy) is 2. The Morgan fingerprint density at radius 1 is 1.33 bits per heavy atom. The van der Waals surface area contributed by atoms with Gasteiger partial charge < -0.3 is 19.7 Å². The summed E-state index contributed by atoms with van der Waals surface area (Å²) in [6, 6.07) is 0. The SMILES string of the molecule is CNC(=O)/C=C\N(C=O)CCC(OC)C(=O)OC(C)(C)C. The number of carbonyl (C=O) groups excluding carboxylic acids is 3. The van der Waals surface area contributed by atoms with E-state index in [1.165, 1.54) is 31.3 Å². The Morgan fingerprint density at radius 3 is 2.38 bits per heavy atom. The molecule has 0 aromatic carbocycles. The molecule has 0 saturated heterocycles. The standard InChI is InChI=1S/C14H24N2O5/c1-14(2,3)21-13(19)11(20-5)6-8-16(10-17)9-7-12(18)15-4/h7,9-11H,6,8H2,1-5H3,(H,15,18)/b9-7-. The minimum atomic E-state index is -0.764. The smallest absolute Gasteiger partial charge is 0.335 e. The average Bonchev–Trinajstić information content (AvgIpc) is 2.40. The number of methoxy groups -OCH3 is 1. The first-order valence-corrected chi connectivity index (χ1v) is 6.60. The first-order chi connectivity index (χ1) is 9.73. The van der Waals surface area contributed by atoms with Crippen molar-refractivity contribution in [1.29, 1.82) is 0 Å². The minimum absolute atomic E-state index is 0.231. The van der Waals surface area contributed by atoms with Crippen LogP contribution >= 0.6 is 0 Å². The van der Waals surface area contributed by atoms with Crippen LogP contribution in [0, 0.1) is 0 Å². The molecule has 0 radical (unpaired) electrons. The molecule has 0 fully saturated rings. The van der Waals surface area contributed by atoms with Crippen LogP contribution in [0.25, 0.3) is 0 Å². The van der Waals surface area contributed by atoms with Gasteiger partial charge in [0, 0.05) is 39.4 Å². The summed E-state index contributed by atoms with van der Waals surface area (Å²) in [6.45, 7) is 5.53. The zero-order valence-electron chi connectivity index (χ0n) is 13.2. The molecule has 1 atom stereocenters. The zero-order chi connectivity index (χ0) is 16.5. The molecule has 0 aromatic heterocycles. The molecule has 0 aliphatic carbocycles. The van der Waals surface area contributed by atoms with Gasteiger partial charge in [-0.3, -0.25) is 9.59 Å². The Bertz CT molecular complexity index is 387. The normalized spacial score (nSPS) is 12.8. The molecule has 0 aliphatic rings. The minimum Gasteiger partial charge on any atom is -0.458 e. The number of rotatable bonds is 8. The number of nitrogens with one attached hydrogen (secondary N) is 1. The van der Waals surface area contributed by atoms with Crippen molar-refractivity contribution in [1.82, 2.24) is 10.2 Å². The lowest BCUT2D eigenvalue weighted by Crippen LogP contribution is -2.35. The molecule has 2 amide bonds. The predicted octanol–water partition coefficient (Wildman–Crippen LogP) is 0.451. The van der Waals surface area contributed by atoms with E-state index in [9.17, 15) is 14.4 Å². The highest BCUT2D eigenvalue weighted by Gasteiger charge is 2.25. The van der Waals surface area contributed by atoms with Crippen molar-refractivity contribution in [3.63, 3.8) is 0 Å². The molecule has 21 heavy (non-hydrogen) atoms. The van der Waals surface area contributed by atoms with Gasteiger partial charge >= 0.3 is 5.97 Å². The van der Waals surface area contributed by atoms with Crippen LogP contribution in [-0.2, 0) is 23.9 Å². The summed E-state index contributed by atoms with van der Waals surface area (Å²) < 4.78 is 10.3. The van der Waals surface area contributed by atoms with Gasteiger partial charge in [-0.25, -0.2) is 4.79 Å². The van der Waals surface area contributed by atoms with Crippen molar-refractivity contribution in [2.24, 2.45) is 0 Å². The number of amides is 2. The Labute approximate surface area is 125 Å². The maximum absolute atomic E-state index is 11.9. The summed E-state index contributed by atoms with van der Waals surface area (Å²) in [4.78, 5) is 35.1. The van der Waals surface area contributed by atoms with E-state index < -0.39 is 17.7 Å². The Kier molecular flexibility index (Phi) is 8.30. The fourth-order valence-corrected chi connectivity index (χ4v) is 1.37. The summed E-state index contributed by atoms with van der Waals surface area (Å²) in [5.41, 5.74) is -0.600. The molecule has 0 aromatic rings. The summed E-state index contributed by atoms with van der Waals surface area (Å²) in [5, 5.41) is 2.40. The largest absolute Gasteiger partial charge is 0.458 e. The Morgan fingerprint density at radius 2 is 1.95 bits per heavy atom. The van der Waals surface area contributed by atoms with E-state index in [1.807, 2.05) is 0 Å². The molecule has 0 rings (SSSR count). The molecule has 0 heterocycles. The lowest BCUT2D eigenvalue weighted by molar-refractivity contribution is -0.167. The lowest BCUT2D eigenvalue weighted by Gasteiger charge is -2.24. The number of esters is 1. The third-order valence-electron chi connectivity index (χ3n) is 2.40. The first-order valence-electron chi connectivity index (χ1n) is 6.60. The molecule has 1 N–H and O–H groups in total. The maximum atomic E-state index is 11.9. The third kappa shape index (κ3) is 8.80.